The van der Waals surface area contributed by atoms with Crippen molar-refractivity contribution in [2.75, 3.05) is 38.2 Å². The second kappa shape index (κ2) is 6.61. The van der Waals surface area contributed by atoms with Crippen LogP contribution >= 0.6 is 28.3 Å². The Hall–Kier alpha value is -1.04. The molecule has 1 aromatic heterocycles. The first kappa shape index (κ1) is 15.4. The molecule has 1 aliphatic rings. The SMILES string of the molecule is COc1ccc2ncc(Br)c(N3CCNCC3)c2c1.Cl. The molecule has 20 heavy (non-hydrogen) atoms. The van der Waals surface area contributed by atoms with Gasteiger partial charge in [0.25, 0.3) is 0 Å². The molecule has 1 N–H and O–H groups in total. The number of halogens is 2. The molecule has 2 aromatic rings. The molecule has 0 spiro atoms. The number of pyridine rings is 1. The zero-order chi connectivity index (χ0) is 13.2. The third-order valence-corrected chi connectivity index (χ3v) is 4.02. The summed E-state index contributed by atoms with van der Waals surface area (Å²) in [6.45, 7) is 4.05. The van der Waals surface area contributed by atoms with E-state index in [0.717, 1.165) is 47.3 Å². The average Bonchev–Trinajstić information content (AvgIpc) is 2.47. The van der Waals surface area contributed by atoms with Gasteiger partial charge in [-0.05, 0) is 34.1 Å². The van der Waals surface area contributed by atoms with Crippen molar-refractivity contribution in [2.24, 2.45) is 0 Å². The fourth-order valence-corrected chi connectivity index (χ4v) is 3.04. The van der Waals surface area contributed by atoms with Crippen LogP contribution in [-0.2, 0) is 0 Å². The standard InChI is InChI=1S/C14H16BrN3O.ClH/c1-19-10-2-3-13-11(8-10)14(12(15)9-17-13)18-6-4-16-5-7-18;/h2-3,8-9,16H,4-7H2,1H3;1H. The average molecular weight is 359 g/mol. The van der Waals surface area contributed by atoms with E-state index in [1.165, 1.54) is 5.69 Å². The number of nitrogens with one attached hydrogen (secondary N) is 1. The Labute approximate surface area is 133 Å². The molecule has 6 heteroatoms. The summed E-state index contributed by atoms with van der Waals surface area (Å²) in [6, 6.07) is 6.02. The first-order valence-electron chi connectivity index (χ1n) is 6.37. The van der Waals surface area contributed by atoms with Gasteiger partial charge >= 0.3 is 0 Å². The lowest BCUT2D eigenvalue weighted by Crippen LogP contribution is -2.43. The molecule has 1 aliphatic heterocycles. The Morgan fingerprint density at radius 1 is 1.30 bits per heavy atom. The maximum atomic E-state index is 5.33. The van der Waals surface area contributed by atoms with Crippen molar-refractivity contribution in [2.45, 2.75) is 0 Å². The van der Waals surface area contributed by atoms with Gasteiger partial charge in [-0.3, -0.25) is 4.98 Å². The second-order valence-corrected chi connectivity index (χ2v) is 5.43. The fraction of sp³-hybridized carbons (Fsp3) is 0.357. The molecule has 108 valence electrons. The van der Waals surface area contributed by atoms with Crippen LogP contribution in [0.15, 0.2) is 28.9 Å². The summed E-state index contributed by atoms with van der Waals surface area (Å²) >= 11 is 3.63. The van der Waals surface area contributed by atoms with Crippen molar-refractivity contribution >= 4 is 44.9 Å². The zero-order valence-corrected chi connectivity index (χ0v) is 13.6. The van der Waals surface area contributed by atoms with Gasteiger partial charge in [0.1, 0.15) is 5.75 Å². The van der Waals surface area contributed by atoms with Crippen LogP contribution in [0.3, 0.4) is 0 Å². The maximum absolute atomic E-state index is 5.33. The van der Waals surface area contributed by atoms with Gasteiger partial charge in [-0.25, -0.2) is 0 Å². The normalized spacial score (nSPS) is 15.0. The number of methoxy groups -OCH3 is 1. The Balaban J connectivity index is 0.00000147. The summed E-state index contributed by atoms with van der Waals surface area (Å²) < 4.78 is 6.37. The van der Waals surface area contributed by atoms with Gasteiger partial charge in [-0.1, -0.05) is 0 Å². The predicted octanol–water partition coefficient (Wildman–Crippen LogP) is 2.84. The van der Waals surface area contributed by atoms with Crippen molar-refractivity contribution in [3.8, 4) is 5.75 Å². The molecule has 0 radical (unpaired) electrons. The Bertz CT molecular complexity index is 602. The molecule has 4 nitrogen and oxygen atoms in total. The van der Waals surface area contributed by atoms with Gasteiger partial charge in [0.15, 0.2) is 0 Å². The minimum atomic E-state index is 0. The van der Waals surface area contributed by atoms with Gasteiger partial charge in [0.05, 0.1) is 22.8 Å². The molecular formula is C14H17BrClN3O. The van der Waals surface area contributed by atoms with E-state index in [9.17, 15) is 0 Å². The monoisotopic (exact) mass is 357 g/mol. The number of ether oxygens (including phenoxy) is 1. The number of anilines is 1. The van der Waals surface area contributed by atoms with E-state index in [1.807, 2.05) is 18.3 Å². The van der Waals surface area contributed by atoms with E-state index in [1.54, 1.807) is 7.11 Å². The fourth-order valence-electron chi connectivity index (χ4n) is 2.47. The lowest BCUT2D eigenvalue weighted by molar-refractivity contribution is 0.415. The van der Waals surface area contributed by atoms with Gasteiger partial charge < -0.3 is 15.0 Å². The minimum Gasteiger partial charge on any atom is -0.497 e. The van der Waals surface area contributed by atoms with E-state index in [2.05, 4.69) is 37.2 Å². The van der Waals surface area contributed by atoms with Crippen molar-refractivity contribution in [1.29, 1.82) is 0 Å². The summed E-state index contributed by atoms with van der Waals surface area (Å²) in [4.78, 5) is 6.86. The molecule has 0 amide bonds. The van der Waals surface area contributed by atoms with E-state index in [0.29, 0.717) is 0 Å². The highest BCUT2D eigenvalue weighted by molar-refractivity contribution is 9.10. The molecule has 1 saturated heterocycles. The van der Waals surface area contributed by atoms with Gasteiger partial charge in [-0.2, -0.15) is 0 Å². The Morgan fingerprint density at radius 2 is 2.05 bits per heavy atom. The van der Waals surface area contributed by atoms with Gasteiger partial charge in [-0.15, -0.1) is 12.4 Å². The van der Waals surface area contributed by atoms with E-state index in [-0.39, 0.29) is 12.4 Å². The lowest BCUT2D eigenvalue weighted by atomic mass is 10.1. The zero-order valence-electron chi connectivity index (χ0n) is 11.2. The van der Waals surface area contributed by atoms with E-state index < -0.39 is 0 Å². The number of benzene rings is 1. The van der Waals surface area contributed by atoms with Crippen LogP contribution in [0.25, 0.3) is 10.9 Å². The quantitative estimate of drug-likeness (QED) is 0.896. The highest BCUT2D eigenvalue weighted by atomic mass is 79.9. The maximum Gasteiger partial charge on any atom is 0.119 e. The van der Waals surface area contributed by atoms with Crippen LogP contribution in [-0.4, -0.2) is 38.3 Å². The van der Waals surface area contributed by atoms with Crippen LogP contribution in [0.1, 0.15) is 0 Å². The number of nitrogens with zero attached hydrogens (tertiary/aromatic N) is 2. The lowest BCUT2D eigenvalue weighted by Gasteiger charge is -2.31. The number of hydrogen-bond donors (Lipinski definition) is 1. The largest absolute Gasteiger partial charge is 0.497 e. The number of hydrogen-bond acceptors (Lipinski definition) is 4. The van der Waals surface area contributed by atoms with Crippen molar-refractivity contribution < 1.29 is 4.74 Å². The summed E-state index contributed by atoms with van der Waals surface area (Å²) in [7, 11) is 1.69. The topological polar surface area (TPSA) is 37.4 Å². The van der Waals surface area contributed by atoms with Crippen molar-refractivity contribution in [3.63, 3.8) is 0 Å². The van der Waals surface area contributed by atoms with Crippen LogP contribution in [0, 0.1) is 0 Å². The van der Waals surface area contributed by atoms with Crippen molar-refractivity contribution in [1.82, 2.24) is 10.3 Å². The molecule has 1 fully saturated rings. The smallest absolute Gasteiger partial charge is 0.119 e. The van der Waals surface area contributed by atoms with E-state index >= 15 is 0 Å². The van der Waals surface area contributed by atoms with Crippen LogP contribution in [0.4, 0.5) is 5.69 Å². The summed E-state index contributed by atoms with van der Waals surface area (Å²) in [5.41, 5.74) is 2.21. The number of aromatic nitrogens is 1. The first-order chi connectivity index (χ1) is 9.29. The van der Waals surface area contributed by atoms with Gasteiger partial charge in [0.2, 0.25) is 0 Å². The molecule has 0 aliphatic carbocycles. The molecular weight excluding hydrogens is 342 g/mol. The molecule has 0 bridgehead atoms. The summed E-state index contributed by atoms with van der Waals surface area (Å²) in [5, 5.41) is 4.51. The van der Waals surface area contributed by atoms with Gasteiger partial charge in [0, 0.05) is 37.8 Å². The highest BCUT2D eigenvalue weighted by Crippen LogP contribution is 2.35. The third-order valence-electron chi connectivity index (χ3n) is 3.44. The van der Waals surface area contributed by atoms with E-state index in [4.69, 9.17) is 4.74 Å². The first-order valence-corrected chi connectivity index (χ1v) is 7.17. The Morgan fingerprint density at radius 3 is 2.75 bits per heavy atom. The highest BCUT2D eigenvalue weighted by Gasteiger charge is 2.17. The van der Waals surface area contributed by atoms with Crippen LogP contribution < -0.4 is 15.0 Å². The van der Waals surface area contributed by atoms with Crippen LogP contribution in [0.2, 0.25) is 0 Å². The molecule has 0 unspecified atom stereocenters. The molecule has 0 atom stereocenters. The Kier molecular flexibility index (Phi) is 5.07. The number of piperazine rings is 1. The third kappa shape index (κ3) is 2.85. The molecule has 1 aromatic carbocycles. The summed E-state index contributed by atoms with van der Waals surface area (Å²) in [5.74, 6) is 0.865. The van der Waals surface area contributed by atoms with Crippen LogP contribution in [0.5, 0.6) is 5.75 Å². The van der Waals surface area contributed by atoms with Crippen molar-refractivity contribution in [3.05, 3.63) is 28.9 Å². The second-order valence-electron chi connectivity index (χ2n) is 4.57. The number of rotatable bonds is 2. The predicted molar refractivity (Wildman–Crippen MR) is 88.3 cm³/mol. The number of fused-ring (bicyclic) bond motifs is 1. The summed E-state index contributed by atoms with van der Waals surface area (Å²) in [6.07, 6.45) is 1.88. The molecule has 0 saturated carbocycles. The minimum absolute atomic E-state index is 0. The molecule has 2 heterocycles. The molecule has 3 rings (SSSR count).